The highest BCUT2D eigenvalue weighted by Crippen LogP contribution is 2.16. The van der Waals surface area contributed by atoms with Crippen molar-refractivity contribution in [1.82, 2.24) is 4.31 Å². The Kier molecular flexibility index (Phi) is 4.62. The lowest BCUT2D eigenvalue weighted by atomic mass is 10.1. The Morgan fingerprint density at radius 2 is 2.00 bits per heavy atom. The van der Waals surface area contributed by atoms with Crippen LogP contribution in [-0.2, 0) is 10.0 Å². The fourth-order valence-electron chi connectivity index (χ4n) is 1.98. The third-order valence-electron chi connectivity index (χ3n) is 3.02. The SMILES string of the molecule is O=S(=O)(/C=C/c1ccc(Cl)cc1)N1CCCC(O)C1. The van der Waals surface area contributed by atoms with E-state index in [1.54, 1.807) is 24.3 Å². The molecular weight excluding hydrogens is 286 g/mol. The Morgan fingerprint density at radius 3 is 2.63 bits per heavy atom. The molecule has 4 nitrogen and oxygen atoms in total. The van der Waals surface area contributed by atoms with Gasteiger partial charge in [-0.05, 0) is 36.6 Å². The fourth-order valence-corrected chi connectivity index (χ4v) is 3.37. The molecule has 104 valence electrons. The Labute approximate surface area is 118 Å². The molecule has 1 fully saturated rings. The molecule has 1 aromatic rings. The molecule has 1 aromatic carbocycles. The Hall–Kier alpha value is -0.880. The van der Waals surface area contributed by atoms with Crippen LogP contribution >= 0.6 is 11.6 Å². The van der Waals surface area contributed by atoms with E-state index in [2.05, 4.69) is 0 Å². The number of hydrogen-bond acceptors (Lipinski definition) is 3. The molecule has 1 atom stereocenters. The summed E-state index contributed by atoms with van der Waals surface area (Å²) in [5.74, 6) is 0. The second-order valence-electron chi connectivity index (χ2n) is 4.55. The van der Waals surface area contributed by atoms with E-state index in [0.717, 1.165) is 5.56 Å². The molecule has 2 rings (SSSR count). The number of nitrogens with zero attached hydrogens (tertiary/aromatic N) is 1. The van der Waals surface area contributed by atoms with Crippen LogP contribution in [0.15, 0.2) is 29.7 Å². The molecule has 0 aliphatic carbocycles. The van der Waals surface area contributed by atoms with Crippen molar-refractivity contribution >= 4 is 27.7 Å². The summed E-state index contributed by atoms with van der Waals surface area (Å²) in [5, 5.41) is 11.3. The number of hydrogen-bond donors (Lipinski definition) is 1. The Morgan fingerprint density at radius 1 is 1.32 bits per heavy atom. The van der Waals surface area contributed by atoms with Gasteiger partial charge in [0, 0.05) is 23.5 Å². The van der Waals surface area contributed by atoms with Gasteiger partial charge in [0.25, 0.3) is 0 Å². The highest BCUT2D eigenvalue weighted by Gasteiger charge is 2.25. The maximum absolute atomic E-state index is 12.1. The summed E-state index contributed by atoms with van der Waals surface area (Å²) in [6.45, 7) is 0.637. The summed E-state index contributed by atoms with van der Waals surface area (Å²) in [6, 6.07) is 6.91. The first-order chi connectivity index (χ1) is 8.97. The maximum atomic E-state index is 12.1. The second kappa shape index (κ2) is 6.05. The van der Waals surface area contributed by atoms with Crippen LogP contribution in [0.5, 0.6) is 0 Å². The van der Waals surface area contributed by atoms with Gasteiger partial charge in [-0.2, -0.15) is 4.31 Å². The molecule has 0 bridgehead atoms. The largest absolute Gasteiger partial charge is 0.392 e. The van der Waals surface area contributed by atoms with Crippen molar-refractivity contribution in [3.05, 3.63) is 40.3 Å². The quantitative estimate of drug-likeness (QED) is 0.930. The predicted octanol–water partition coefficient (Wildman–Crippen LogP) is 2.10. The third-order valence-corrected chi connectivity index (χ3v) is 4.81. The van der Waals surface area contributed by atoms with Crippen molar-refractivity contribution in [3.8, 4) is 0 Å². The van der Waals surface area contributed by atoms with Crippen LogP contribution < -0.4 is 0 Å². The van der Waals surface area contributed by atoms with E-state index in [1.807, 2.05) is 0 Å². The molecule has 1 aliphatic rings. The smallest absolute Gasteiger partial charge is 0.236 e. The van der Waals surface area contributed by atoms with Crippen molar-refractivity contribution in [1.29, 1.82) is 0 Å². The van der Waals surface area contributed by atoms with Gasteiger partial charge in [-0.25, -0.2) is 8.42 Å². The molecule has 1 N–H and O–H groups in total. The molecule has 0 spiro atoms. The zero-order chi connectivity index (χ0) is 13.9. The topological polar surface area (TPSA) is 57.6 Å². The van der Waals surface area contributed by atoms with Gasteiger partial charge < -0.3 is 5.11 Å². The molecule has 6 heteroatoms. The van der Waals surface area contributed by atoms with E-state index in [4.69, 9.17) is 11.6 Å². The van der Waals surface area contributed by atoms with Gasteiger partial charge in [0.2, 0.25) is 10.0 Å². The second-order valence-corrected chi connectivity index (χ2v) is 6.81. The molecule has 1 heterocycles. The van der Waals surface area contributed by atoms with Gasteiger partial charge >= 0.3 is 0 Å². The maximum Gasteiger partial charge on any atom is 0.236 e. The van der Waals surface area contributed by atoms with E-state index in [0.29, 0.717) is 24.4 Å². The summed E-state index contributed by atoms with van der Waals surface area (Å²) in [6.07, 6.45) is 2.32. The minimum Gasteiger partial charge on any atom is -0.392 e. The van der Waals surface area contributed by atoms with E-state index in [1.165, 1.54) is 15.8 Å². The van der Waals surface area contributed by atoms with E-state index >= 15 is 0 Å². The first-order valence-electron chi connectivity index (χ1n) is 6.09. The van der Waals surface area contributed by atoms with Gasteiger partial charge in [-0.1, -0.05) is 23.7 Å². The van der Waals surface area contributed by atoms with Crippen LogP contribution in [0.1, 0.15) is 18.4 Å². The monoisotopic (exact) mass is 301 g/mol. The van der Waals surface area contributed by atoms with E-state index in [-0.39, 0.29) is 6.54 Å². The van der Waals surface area contributed by atoms with Crippen LogP contribution in [0.2, 0.25) is 5.02 Å². The van der Waals surface area contributed by atoms with Crippen molar-refractivity contribution in [2.75, 3.05) is 13.1 Å². The summed E-state index contributed by atoms with van der Waals surface area (Å²) < 4.78 is 25.5. The van der Waals surface area contributed by atoms with Crippen LogP contribution in [0.4, 0.5) is 0 Å². The number of aliphatic hydroxyl groups excluding tert-OH is 1. The molecule has 0 radical (unpaired) electrons. The fraction of sp³-hybridized carbons (Fsp3) is 0.385. The molecule has 1 aliphatic heterocycles. The summed E-state index contributed by atoms with van der Waals surface area (Å²) in [5.41, 5.74) is 0.769. The van der Waals surface area contributed by atoms with Gasteiger partial charge in [-0.3, -0.25) is 0 Å². The van der Waals surface area contributed by atoms with Crippen LogP contribution in [0.25, 0.3) is 6.08 Å². The van der Waals surface area contributed by atoms with Crippen molar-refractivity contribution in [2.24, 2.45) is 0 Å². The van der Waals surface area contributed by atoms with Gasteiger partial charge in [-0.15, -0.1) is 0 Å². The Balaban J connectivity index is 2.10. The third kappa shape index (κ3) is 4.04. The zero-order valence-corrected chi connectivity index (χ0v) is 11.9. The number of benzene rings is 1. The predicted molar refractivity (Wildman–Crippen MR) is 76.2 cm³/mol. The number of piperidine rings is 1. The molecule has 0 amide bonds. The summed E-state index contributed by atoms with van der Waals surface area (Å²) >= 11 is 5.76. The highest BCUT2D eigenvalue weighted by molar-refractivity contribution is 7.92. The van der Waals surface area contributed by atoms with Crippen molar-refractivity contribution in [3.63, 3.8) is 0 Å². The van der Waals surface area contributed by atoms with Crippen molar-refractivity contribution in [2.45, 2.75) is 18.9 Å². The molecule has 1 saturated heterocycles. The van der Waals surface area contributed by atoms with Gasteiger partial charge in [0.15, 0.2) is 0 Å². The number of sulfonamides is 1. The van der Waals surface area contributed by atoms with Gasteiger partial charge in [0.1, 0.15) is 0 Å². The van der Waals surface area contributed by atoms with Crippen LogP contribution in [0, 0.1) is 0 Å². The number of rotatable bonds is 3. The average molecular weight is 302 g/mol. The van der Waals surface area contributed by atoms with E-state index < -0.39 is 16.1 Å². The minimum absolute atomic E-state index is 0.174. The summed E-state index contributed by atoms with van der Waals surface area (Å²) in [4.78, 5) is 0. The average Bonchev–Trinajstić information content (AvgIpc) is 2.38. The minimum atomic E-state index is -3.46. The number of aliphatic hydroxyl groups is 1. The standard InChI is InChI=1S/C13H16ClNO3S/c14-12-5-3-11(4-6-12)7-9-19(17,18)15-8-1-2-13(16)10-15/h3-7,9,13,16H,1-2,8,10H2/b9-7+. The summed E-state index contributed by atoms with van der Waals surface area (Å²) in [7, 11) is -3.46. The Bertz CT molecular complexity index is 554. The first kappa shape index (κ1) is 14.5. The number of halogens is 1. The number of β-amino-alcohol motifs (C(OH)–C–C–N with tert-alkyl or cyclic N) is 1. The van der Waals surface area contributed by atoms with Crippen LogP contribution in [0.3, 0.4) is 0 Å². The first-order valence-corrected chi connectivity index (χ1v) is 7.97. The van der Waals surface area contributed by atoms with Crippen molar-refractivity contribution < 1.29 is 13.5 Å². The van der Waals surface area contributed by atoms with Crippen LogP contribution in [-0.4, -0.2) is 37.0 Å². The molecule has 19 heavy (non-hydrogen) atoms. The molecular formula is C13H16ClNO3S. The van der Waals surface area contributed by atoms with E-state index in [9.17, 15) is 13.5 Å². The lowest BCUT2D eigenvalue weighted by Crippen LogP contribution is -2.41. The normalized spacial score (nSPS) is 21.9. The molecule has 1 unspecified atom stereocenters. The molecule has 0 aromatic heterocycles. The lowest BCUT2D eigenvalue weighted by Gasteiger charge is -2.27. The lowest BCUT2D eigenvalue weighted by molar-refractivity contribution is 0.108. The zero-order valence-electron chi connectivity index (χ0n) is 10.4. The molecule has 0 saturated carbocycles. The highest BCUT2D eigenvalue weighted by atomic mass is 35.5. The van der Waals surface area contributed by atoms with Gasteiger partial charge in [0.05, 0.1) is 6.10 Å².